The Labute approximate surface area is 385 Å². The van der Waals surface area contributed by atoms with E-state index in [1.165, 1.54) is 68.5 Å². The number of fused-ring (bicyclic) bond motifs is 13. The molecule has 1 aliphatic heterocycles. The van der Waals surface area contributed by atoms with Crippen molar-refractivity contribution in [3.63, 3.8) is 0 Å². The molecule has 3 nitrogen and oxygen atoms in total. The molecular formula is C58H35I2N3. The molecular weight excluding hydrogens is 992 g/mol. The van der Waals surface area contributed by atoms with Crippen LogP contribution in [0, 0.1) is 0 Å². The number of hydrogen-bond donors (Lipinski definition) is 0. The summed E-state index contributed by atoms with van der Waals surface area (Å²) in [6.07, 6.45) is 0. The van der Waals surface area contributed by atoms with Gasteiger partial charge in [0.25, 0.3) is 0 Å². The van der Waals surface area contributed by atoms with Crippen LogP contribution in [0.15, 0.2) is 217 Å². The maximum Gasteiger partial charge on any atom is 0.160 e. The van der Waals surface area contributed by atoms with Crippen LogP contribution in [0.3, 0.4) is 0 Å². The number of aromatic nitrogens is 2. The van der Waals surface area contributed by atoms with Gasteiger partial charge in [0.15, 0.2) is 5.82 Å². The summed E-state index contributed by atoms with van der Waals surface area (Å²) < 4.78 is 4.00. The van der Waals surface area contributed by atoms with Crippen molar-refractivity contribution in [3.8, 4) is 44.9 Å². The second-order valence-electron chi connectivity index (χ2n) is 16.2. The van der Waals surface area contributed by atoms with Crippen molar-refractivity contribution in [1.29, 1.82) is 0 Å². The highest BCUT2D eigenvalue weighted by Crippen LogP contribution is 2.62. The number of hydrogen-bond acceptors (Lipinski definition) is 3. The summed E-state index contributed by atoms with van der Waals surface area (Å²) in [6, 6.07) is 77.7. The van der Waals surface area contributed by atoms with Gasteiger partial charge in [-0.15, -0.1) is 0 Å². The van der Waals surface area contributed by atoms with Crippen molar-refractivity contribution < 1.29 is 0 Å². The van der Waals surface area contributed by atoms with Crippen molar-refractivity contribution >= 4 is 72.0 Å². The average molecular weight is 1030 g/mol. The van der Waals surface area contributed by atoms with Crippen LogP contribution < -0.4 is 0 Å². The molecule has 0 atom stereocenters. The lowest BCUT2D eigenvalue weighted by atomic mass is 9.70. The Morgan fingerprint density at radius 2 is 0.905 bits per heavy atom. The van der Waals surface area contributed by atoms with E-state index in [0.717, 1.165) is 44.3 Å². The summed E-state index contributed by atoms with van der Waals surface area (Å²) in [6.45, 7) is 0. The summed E-state index contributed by atoms with van der Waals surface area (Å²) in [5.41, 5.74) is 18.1. The van der Waals surface area contributed by atoms with Crippen LogP contribution in [-0.2, 0) is 5.41 Å². The zero-order valence-electron chi connectivity index (χ0n) is 33.8. The van der Waals surface area contributed by atoms with E-state index in [4.69, 9.17) is 15.0 Å². The second-order valence-corrected chi connectivity index (χ2v) is 23.5. The second kappa shape index (κ2) is 14.8. The van der Waals surface area contributed by atoms with E-state index in [-0.39, 0.29) is 0 Å². The molecule has 0 bridgehead atoms. The molecule has 296 valence electrons. The molecule has 1 spiro atoms. The molecule has 0 radical (unpaired) electrons. The molecule has 13 rings (SSSR count). The Bertz CT molecular complexity index is 3550. The predicted octanol–water partition coefficient (Wildman–Crippen LogP) is 14.5. The molecule has 2 heterocycles. The van der Waals surface area contributed by atoms with Crippen LogP contribution in [0.2, 0.25) is 0 Å². The predicted molar refractivity (Wildman–Crippen MR) is 280 cm³/mol. The summed E-state index contributed by atoms with van der Waals surface area (Å²) in [5, 5.41) is 3.32. The van der Waals surface area contributed by atoms with Gasteiger partial charge in [-0.2, -0.15) is 0 Å². The van der Waals surface area contributed by atoms with E-state index in [9.17, 15) is 0 Å². The smallest absolute Gasteiger partial charge is 0.160 e. The third-order valence-electron chi connectivity index (χ3n) is 12.8. The van der Waals surface area contributed by atoms with Crippen molar-refractivity contribution in [3.05, 3.63) is 251 Å². The fourth-order valence-corrected chi connectivity index (χ4v) is 18.1. The lowest BCUT2D eigenvalue weighted by Crippen LogP contribution is -2.26. The largest absolute Gasteiger partial charge is 0.235 e. The van der Waals surface area contributed by atoms with Gasteiger partial charge in [0.05, 0.1) is 18.1 Å². The normalized spacial score (nSPS) is 14.4. The van der Waals surface area contributed by atoms with Crippen LogP contribution >= 0.6 is 41.5 Å². The fraction of sp³-hybridized carbons (Fsp3) is 0.0172. The molecule has 2 aliphatic carbocycles. The molecule has 5 heteroatoms. The van der Waals surface area contributed by atoms with Gasteiger partial charge in [0.1, 0.15) is 7.35 Å². The standard InChI is InChI=1S/C58H35I2N3/c1-4-16-37(17-5-1)52-46-33-30-36-28-29-40(34-47(36)53(46)62-57(61-52)39-20-8-3-9-21-39)55-59-54(38-18-6-2-7-19-38)60-56(63-55)41-31-32-45-44-24-12-15-27-50(44)58(51(45)35-41)48-25-13-10-22-42(48)43-23-11-14-26-49(43)58/h1-35H. The number of nitrogens with zero attached hydrogens (tertiary/aromatic N) is 3. The van der Waals surface area contributed by atoms with Crippen LogP contribution in [0.5, 0.6) is 0 Å². The van der Waals surface area contributed by atoms with Gasteiger partial charge in [-0.1, -0.05) is 194 Å². The first-order valence-electron chi connectivity index (χ1n) is 21.2. The first-order chi connectivity index (χ1) is 31.2. The summed E-state index contributed by atoms with van der Waals surface area (Å²) in [5.74, 6) is 0.728. The van der Waals surface area contributed by atoms with Crippen LogP contribution in [0.25, 0.3) is 66.6 Å². The first kappa shape index (κ1) is 37.0. The van der Waals surface area contributed by atoms with Crippen molar-refractivity contribution in [2.24, 2.45) is 4.99 Å². The minimum Gasteiger partial charge on any atom is -0.235 e. The molecule has 1 aromatic heterocycles. The van der Waals surface area contributed by atoms with Gasteiger partial charge in [0, 0.05) is 33.0 Å². The fourth-order valence-electron chi connectivity index (χ4n) is 10.0. The molecule has 0 fully saturated rings. The third-order valence-corrected chi connectivity index (χ3v) is 20.4. The van der Waals surface area contributed by atoms with Crippen LogP contribution in [0.4, 0.5) is 0 Å². The number of benzene rings is 9. The van der Waals surface area contributed by atoms with E-state index in [1.54, 1.807) is 1.52 Å². The van der Waals surface area contributed by atoms with Gasteiger partial charge in [-0.3, -0.25) is 0 Å². The molecule has 0 saturated heterocycles. The van der Waals surface area contributed by atoms with E-state index < -0.39 is 46.9 Å². The highest BCUT2D eigenvalue weighted by molar-refractivity contribution is 14.3. The van der Waals surface area contributed by atoms with E-state index in [0.29, 0.717) is 0 Å². The maximum absolute atomic E-state index is 5.77. The molecule has 10 aromatic rings. The highest BCUT2D eigenvalue weighted by Gasteiger charge is 2.51. The Morgan fingerprint density at radius 1 is 0.365 bits per heavy atom. The monoisotopic (exact) mass is 1030 g/mol. The lowest BCUT2D eigenvalue weighted by Gasteiger charge is -2.30. The van der Waals surface area contributed by atoms with Gasteiger partial charge in [-0.05, 0) is 115 Å². The molecule has 9 aromatic carbocycles. The molecule has 0 N–H and O–H groups in total. The lowest BCUT2D eigenvalue weighted by molar-refractivity contribution is 0.793. The van der Waals surface area contributed by atoms with E-state index in [2.05, 4.69) is 206 Å². The summed E-state index contributed by atoms with van der Waals surface area (Å²) in [4.78, 5) is 16.3. The quantitative estimate of drug-likeness (QED) is 0.127. The summed E-state index contributed by atoms with van der Waals surface area (Å²) >= 11 is -1.09. The zero-order chi connectivity index (χ0) is 41.5. The molecule has 0 unspecified atom stereocenters. The van der Waals surface area contributed by atoms with E-state index in [1.807, 2.05) is 6.07 Å². The van der Waals surface area contributed by atoms with Crippen molar-refractivity contribution in [2.75, 3.05) is 0 Å². The van der Waals surface area contributed by atoms with Crippen molar-refractivity contribution in [1.82, 2.24) is 9.97 Å². The first-order valence-corrected chi connectivity index (χ1v) is 25.5. The third kappa shape index (κ3) is 5.79. The topological polar surface area (TPSA) is 38.1 Å². The van der Waals surface area contributed by atoms with Gasteiger partial charge >= 0.3 is 0 Å². The molecule has 63 heavy (non-hydrogen) atoms. The Balaban J connectivity index is 1.01. The Morgan fingerprint density at radius 3 is 1.56 bits per heavy atom. The van der Waals surface area contributed by atoms with Crippen LogP contribution in [-0.4, -0.2) is 18.8 Å². The minimum atomic E-state index is -0.549. The SMILES string of the molecule is c1ccc(C2=IC(c3ccc4c(c3)C3(c5ccccc5-c5ccccc53)c3ccccc3-4)=NC(c3ccc4ccc5c(-c6ccccc6)nc(-c6ccccc6)nc5c4c3)=I2)cc1. The Kier molecular flexibility index (Phi) is 8.69. The van der Waals surface area contributed by atoms with E-state index >= 15 is 0 Å². The number of rotatable bonds is 5. The van der Waals surface area contributed by atoms with Gasteiger partial charge < -0.3 is 0 Å². The van der Waals surface area contributed by atoms with Gasteiger partial charge in [0.2, 0.25) is 0 Å². The molecule has 0 saturated carbocycles. The zero-order valence-corrected chi connectivity index (χ0v) is 38.1. The highest BCUT2D eigenvalue weighted by atomic mass is 127. The summed E-state index contributed by atoms with van der Waals surface area (Å²) in [7, 11) is 0. The van der Waals surface area contributed by atoms with Crippen molar-refractivity contribution in [2.45, 2.75) is 5.41 Å². The number of aliphatic imine (C=N–C) groups is 1. The van der Waals surface area contributed by atoms with Gasteiger partial charge in [-0.25, -0.2) is 15.0 Å². The maximum atomic E-state index is 5.77. The minimum absolute atomic E-state index is 0.396. The average Bonchev–Trinajstić information content (AvgIpc) is 3.83. The van der Waals surface area contributed by atoms with Crippen LogP contribution in [0.1, 0.15) is 38.9 Å². The number of halogens is 2. The Hall–Kier alpha value is -6.55. The molecule has 3 aliphatic rings. The molecule has 0 amide bonds.